The van der Waals surface area contributed by atoms with Gasteiger partial charge in [-0.1, -0.05) is 97.1 Å². The van der Waals surface area contributed by atoms with Gasteiger partial charge in [-0.15, -0.1) is 0 Å². The molecule has 8 aromatic carbocycles. The highest BCUT2D eigenvalue weighted by Gasteiger charge is 2.20. The second kappa shape index (κ2) is 11.8. The molecular weight excluding hydrogens is 671 g/mol. The minimum absolute atomic E-state index is 0.568. The molecule has 11 aromatic rings. The van der Waals surface area contributed by atoms with Crippen LogP contribution in [0.5, 0.6) is 0 Å². The van der Waals surface area contributed by atoms with Gasteiger partial charge in [0.05, 0.1) is 62.1 Å². The van der Waals surface area contributed by atoms with E-state index in [1.807, 2.05) is 42.5 Å². The summed E-state index contributed by atoms with van der Waals surface area (Å²) in [6.07, 6.45) is 0. The Hall–Kier alpha value is -7.86. The first-order valence-corrected chi connectivity index (χ1v) is 18.3. The third-order valence-electron chi connectivity index (χ3n) is 11.1. The van der Waals surface area contributed by atoms with E-state index in [2.05, 4.69) is 159 Å². The molecule has 0 N–H and O–H groups in total. The number of para-hydroxylation sites is 4. The Balaban J connectivity index is 1.08. The van der Waals surface area contributed by atoms with Gasteiger partial charge in [-0.2, -0.15) is 10.5 Å². The van der Waals surface area contributed by atoms with E-state index >= 15 is 0 Å². The zero-order valence-electron chi connectivity index (χ0n) is 29.5. The lowest BCUT2D eigenvalue weighted by Gasteiger charge is -2.13. The second-order valence-corrected chi connectivity index (χ2v) is 14.0. The van der Waals surface area contributed by atoms with Crippen LogP contribution in [-0.2, 0) is 0 Å². The third kappa shape index (κ3) is 4.51. The molecule has 0 unspecified atom stereocenters. The molecule has 0 saturated carbocycles. The fourth-order valence-corrected chi connectivity index (χ4v) is 8.74. The number of nitriles is 2. The number of rotatable bonds is 4. The van der Waals surface area contributed by atoms with Crippen molar-refractivity contribution in [2.24, 2.45) is 0 Å². The van der Waals surface area contributed by atoms with Crippen molar-refractivity contribution in [3.63, 3.8) is 0 Å². The van der Waals surface area contributed by atoms with Crippen molar-refractivity contribution < 1.29 is 0 Å². The highest BCUT2D eigenvalue weighted by molar-refractivity contribution is 6.16. The third-order valence-corrected chi connectivity index (χ3v) is 11.1. The van der Waals surface area contributed by atoms with Gasteiger partial charge in [0.15, 0.2) is 0 Å². The molecule has 0 amide bonds. The molecular formula is C50H29N5. The van der Waals surface area contributed by atoms with Gasteiger partial charge in [-0.3, -0.25) is 0 Å². The van der Waals surface area contributed by atoms with E-state index in [0.717, 1.165) is 61.0 Å². The normalized spacial score (nSPS) is 11.6. The minimum Gasteiger partial charge on any atom is -0.309 e. The van der Waals surface area contributed by atoms with Crippen LogP contribution in [-0.4, -0.2) is 13.7 Å². The largest absolute Gasteiger partial charge is 0.309 e. The van der Waals surface area contributed by atoms with Crippen molar-refractivity contribution in [3.05, 3.63) is 187 Å². The van der Waals surface area contributed by atoms with Crippen LogP contribution < -0.4 is 0 Å². The molecule has 0 aliphatic rings. The Bertz CT molecular complexity index is 3400. The zero-order chi connectivity index (χ0) is 36.6. The van der Waals surface area contributed by atoms with Crippen molar-refractivity contribution in [1.29, 1.82) is 10.5 Å². The summed E-state index contributed by atoms with van der Waals surface area (Å²) in [6, 6.07) is 66.0. The van der Waals surface area contributed by atoms with E-state index in [1.165, 1.54) is 32.6 Å². The van der Waals surface area contributed by atoms with Gasteiger partial charge in [0.25, 0.3) is 0 Å². The maximum atomic E-state index is 10.2. The Morgan fingerprint density at radius 2 is 0.855 bits per heavy atom. The summed E-state index contributed by atoms with van der Waals surface area (Å²) in [5.74, 6) is 0. The molecule has 0 aliphatic heterocycles. The predicted molar refractivity (Wildman–Crippen MR) is 224 cm³/mol. The first kappa shape index (κ1) is 30.7. The lowest BCUT2D eigenvalue weighted by atomic mass is 10.0. The van der Waals surface area contributed by atoms with E-state index in [0.29, 0.717) is 11.1 Å². The van der Waals surface area contributed by atoms with Crippen LogP contribution in [0.25, 0.3) is 93.6 Å². The Morgan fingerprint density at radius 3 is 1.49 bits per heavy atom. The Labute approximate surface area is 316 Å². The number of fused-ring (bicyclic) bond motifs is 9. The van der Waals surface area contributed by atoms with Gasteiger partial charge in [0.1, 0.15) is 0 Å². The second-order valence-electron chi connectivity index (χ2n) is 14.0. The van der Waals surface area contributed by atoms with Gasteiger partial charge in [-0.25, -0.2) is 0 Å². The molecule has 3 heterocycles. The van der Waals surface area contributed by atoms with Gasteiger partial charge < -0.3 is 13.7 Å². The molecule has 55 heavy (non-hydrogen) atoms. The molecule has 254 valence electrons. The smallest absolute Gasteiger partial charge is 0.0992 e. The zero-order valence-corrected chi connectivity index (χ0v) is 29.5. The van der Waals surface area contributed by atoms with Crippen LogP contribution in [0, 0.1) is 22.7 Å². The van der Waals surface area contributed by atoms with Crippen LogP contribution >= 0.6 is 0 Å². The van der Waals surface area contributed by atoms with Gasteiger partial charge in [0, 0.05) is 43.7 Å². The van der Waals surface area contributed by atoms with Gasteiger partial charge in [0.2, 0.25) is 0 Å². The quantitative estimate of drug-likeness (QED) is 0.184. The lowest BCUT2D eigenvalue weighted by molar-refractivity contribution is 1.17. The molecule has 5 heteroatoms. The van der Waals surface area contributed by atoms with E-state index in [-0.39, 0.29) is 0 Å². The van der Waals surface area contributed by atoms with Crippen molar-refractivity contribution >= 4 is 65.4 Å². The summed E-state index contributed by atoms with van der Waals surface area (Å²) >= 11 is 0. The highest BCUT2D eigenvalue weighted by Crippen LogP contribution is 2.40. The first-order chi connectivity index (χ1) is 27.2. The standard InChI is InChI=1S/C50H29N5/c51-30-32-20-25-41-40-12-1-5-14-43(40)54(49(41)28-32)37-27-33(31-52)26-35(29-37)34-21-23-36(24-22-34)53-46-17-8-4-13-42(46)50-47(53)18-9-19-48(50)55-44-15-6-2-10-38(44)39-11-3-7-16-45(39)55/h1-29H. The minimum atomic E-state index is 0.568. The first-order valence-electron chi connectivity index (χ1n) is 18.3. The van der Waals surface area contributed by atoms with Crippen LogP contribution in [0.1, 0.15) is 11.1 Å². The van der Waals surface area contributed by atoms with Gasteiger partial charge >= 0.3 is 0 Å². The van der Waals surface area contributed by atoms with E-state index < -0.39 is 0 Å². The molecule has 0 spiro atoms. The SMILES string of the molecule is N#Cc1cc(-c2ccc(-n3c4ccccc4c4c(-n5c6ccccc6c6ccccc65)cccc43)cc2)cc(-n2c3ccccc3c3ccc(C#N)cc32)c1. The van der Waals surface area contributed by atoms with Gasteiger partial charge in [-0.05, 0) is 90.0 Å². The monoisotopic (exact) mass is 699 g/mol. The number of nitrogens with zero attached hydrogens (tertiary/aromatic N) is 5. The fourth-order valence-electron chi connectivity index (χ4n) is 8.74. The fraction of sp³-hybridized carbons (Fsp3) is 0. The Morgan fingerprint density at radius 1 is 0.327 bits per heavy atom. The number of hydrogen-bond donors (Lipinski definition) is 0. The molecule has 11 rings (SSSR count). The van der Waals surface area contributed by atoms with Crippen LogP contribution in [0.2, 0.25) is 0 Å². The summed E-state index contributed by atoms with van der Waals surface area (Å²) in [5, 5.41) is 27.0. The Kier molecular flexibility index (Phi) is 6.61. The summed E-state index contributed by atoms with van der Waals surface area (Å²) < 4.78 is 6.93. The van der Waals surface area contributed by atoms with Crippen molar-refractivity contribution in [1.82, 2.24) is 13.7 Å². The average molecular weight is 700 g/mol. The van der Waals surface area contributed by atoms with Crippen LogP contribution in [0.4, 0.5) is 0 Å². The molecule has 0 saturated heterocycles. The van der Waals surface area contributed by atoms with Crippen molar-refractivity contribution in [2.75, 3.05) is 0 Å². The maximum absolute atomic E-state index is 10.2. The number of aromatic nitrogens is 3. The molecule has 0 radical (unpaired) electrons. The molecule has 0 fully saturated rings. The number of hydrogen-bond acceptors (Lipinski definition) is 2. The average Bonchev–Trinajstić information content (AvgIpc) is 3.89. The topological polar surface area (TPSA) is 62.4 Å². The van der Waals surface area contributed by atoms with Crippen LogP contribution in [0.3, 0.4) is 0 Å². The summed E-state index contributed by atoms with van der Waals surface area (Å²) in [5.41, 5.74) is 12.8. The molecule has 0 bridgehead atoms. The van der Waals surface area contributed by atoms with E-state index in [9.17, 15) is 10.5 Å². The predicted octanol–water partition coefficient (Wildman–Crippen LogP) is 12.4. The van der Waals surface area contributed by atoms with Crippen molar-refractivity contribution in [2.45, 2.75) is 0 Å². The molecule has 5 nitrogen and oxygen atoms in total. The van der Waals surface area contributed by atoms with Crippen LogP contribution in [0.15, 0.2) is 176 Å². The molecule has 0 aliphatic carbocycles. The maximum Gasteiger partial charge on any atom is 0.0992 e. The van der Waals surface area contributed by atoms with E-state index in [1.54, 1.807) is 0 Å². The highest BCUT2D eigenvalue weighted by atomic mass is 15.0. The molecule has 0 atom stereocenters. The lowest BCUT2D eigenvalue weighted by Crippen LogP contribution is -1.97. The van der Waals surface area contributed by atoms with E-state index in [4.69, 9.17) is 0 Å². The number of benzene rings is 8. The summed E-state index contributed by atoms with van der Waals surface area (Å²) in [6.45, 7) is 0. The summed E-state index contributed by atoms with van der Waals surface area (Å²) in [7, 11) is 0. The summed E-state index contributed by atoms with van der Waals surface area (Å²) in [4.78, 5) is 0. The van der Waals surface area contributed by atoms with Crippen molar-refractivity contribution in [3.8, 4) is 40.3 Å². The molecule has 3 aromatic heterocycles.